The second kappa shape index (κ2) is 8.92. The second-order valence-electron chi connectivity index (χ2n) is 8.96. The molecule has 0 fully saturated rings. The normalized spacial score (nSPS) is 15.4. The van der Waals surface area contributed by atoms with Crippen LogP contribution in [-0.2, 0) is 21.9 Å². The third-order valence-electron chi connectivity index (χ3n) is 6.75. The third kappa shape index (κ3) is 3.96. The number of hydrazine groups is 1. The fraction of sp³-hybridized carbons (Fsp3) is 0.185. The third-order valence-corrected chi connectivity index (χ3v) is 8.01. The molecule has 1 aliphatic rings. The molecule has 2 amide bonds. The first-order valence-corrected chi connectivity index (χ1v) is 13.0. The average molecular weight is 503 g/mol. The van der Waals surface area contributed by atoms with Gasteiger partial charge in [-0.05, 0) is 43.7 Å². The van der Waals surface area contributed by atoms with Gasteiger partial charge in [-0.1, -0.05) is 54.1 Å². The summed E-state index contributed by atoms with van der Waals surface area (Å²) in [6.07, 6.45) is 0. The van der Waals surface area contributed by atoms with Crippen molar-refractivity contribution < 1.29 is 18.0 Å². The Bertz CT molecular complexity index is 1610. The largest absolute Gasteiger partial charge is 0.348 e. The Kier molecular flexibility index (Phi) is 5.89. The van der Waals surface area contributed by atoms with Crippen LogP contribution in [0.5, 0.6) is 0 Å². The lowest BCUT2D eigenvalue weighted by atomic mass is 9.95. The number of rotatable bonds is 6. The van der Waals surface area contributed by atoms with Gasteiger partial charge in [-0.25, -0.2) is 8.42 Å². The van der Waals surface area contributed by atoms with E-state index in [4.69, 9.17) is 0 Å². The highest BCUT2D eigenvalue weighted by atomic mass is 32.2. The highest BCUT2D eigenvalue weighted by Crippen LogP contribution is 2.43. The minimum atomic E-state index is -3.96. The highest BCUT2D eigenvalue weighted by molar-refractivity contribution is 7.89. The Hall–Kier alpha value is -3.95. The number of hydrogen-bond donors (Lipinski definition) is 2. The van der Waals surface area contributed by atoms with Gasteiger partial charge in [0, 0.05) is 34.8 Å². The Morgan fingerprint density at radius 3 is 2.36 bits per heavy atom. The second-order valence-corrected chi connectivity index (χ2v) is 10.6. The first-order valence-electron chi connectivity index (χ1n) is 11.5. The zero-order valence-electron chi connectivity index (χ0n) is 20.1. The zero-order chi connectivity index (χ0) is 25.6. The molecule has 0 spiro atoms. The summed E-state index contributed by atoms with van der Waals surface area (Å²) in [5.41, 5.74) is 7.48. The van der Waals surface area contributed by atoms with Gasteiger partial charge in [0.2, 0.25) is 0 Å². The molecule has 184 valence electrons. The fourth-order valence-corrected chi connectivity index (χ4v) is 5.69. The van der Waals surface area contributed by atoms with Gasteiger partial charge >= 0.3 is 0 Å². The lowest BCUT2D eigenvalue weighted by Gasteiger charge is -2.26. The number of aryl methyl sites for hydroxylation is 2. The Labute approximate surface area is 209 Å². The Morgan fingerprint density at radius 2 is 1.61 bits per heavy atom. The van der Waals surface area contributed by atoms with Gasteiger partial charge in [0.05, 0.1) is 10.9 Å². The molecular weight excluding hydrogens is 476 g/mol. The van der Waals surface area contributed by atoms with Crippen molar-refractivity contribution in [2.75, 3.05) is 6.54 Å². The number of nitrogens with one attached hydrogen (secondary N) is 2. The van der Waals surface area contributed by atoms with E-state index in [0.29, 0.717) is 5.56 Å². The predicted molar refractivity (Wildman–Crippen MR) is 137 cm³/mol. The van der Waals surface area contributed by atoms with E-state index in [1.165, 1.54) is 17.0 Å². The maximum Gasteiger partial charge on any atom is 0.257 e. The molecular formula is C27H26N4O4S. The van der Waals surface area contributed by atoms with E-state index in [1.54, 1.807) is 24.3 Å². The van der Waals surface area contributed by atoms with Crippen LogP contribution in [-0.4, -0.2) is 36.2 Å². The van der Waals surface area contributed by atoms with Gasteiger partial charge in [0.15, 0.2) is 0 Å². The van der Waals surface area contributed by atoms with E-state index in [-0.39, 0.29) is 17.3 Å². The topological polar surface area (TPSA) is 101 Å². The molecule has 3 aromatic carbocycles. The van der Waals surface area contributed by atoms with Crippen LogP contribution < -0.4 is 10.3 Å². The number of amides is 2. The number of carbonyl (C=O) groups is 2. The van der Waals surface area contributed by atoms with Crippen molar-refractivity contribution in [3.05, 3.63) is 101 Å². The molecule has 1 aliphatic heterocycles. The number of fused-ring (bicyclic) bond motifs is 2. The highest BCUT2D eigenvalue weighted by Gasteiger charge is 2.40. The van der Waals surface area contributed by atoms with Crippen LogP contribution >= 0.6 is 0 Å². The van der Waals surface area contributed by atoms with E-state index in [2.05, 4.69) is 14.8 Å². The van der Waals surface area contributed by atoms with Gasteiger partial charge in [-0.3, -0.25) is 15.0 Å². The average Bonchev–Trinajstić information content (AvgIpc) is 3.28. The van der Waals surface area contributed by atoms with Gasteiger partial charge in [0.25, 0.3) is 21.8 Å². The van der Waals surface area contributed by atoms with Crippen molar-refractivity contribution in [1.29, 1.82) is 0 Å². The molecule has 5 rings (SSSR count). The molecule has 2 heterocycles. The minimum absolute atomic E-state index is 0.0299. The lowest BCUT2D eigenvalue weighted by Crippen LogP contribution is -2.47. The van der Waals surface area contributed by atoms with Crippen molar-refractivity contribution in [2.24, 2.45) is 7.05 Å². The summed E-state index contributed by atoms with van der Waals surface area (Å²) in [4.78, 5) is 30.0. The molecule has 0 saturated carbocycles. The van der Waals surface area contributed by atoms with Crippen LogP contribution in [0.25, 0.3) is 10.9 Å². The summed E-state index contributed by atoms with van der Waals surface area (Å²) in [7, 11) is -1.99. The van der Waals surface area contributed by atoms with Crippen molar-refractivity contribution in [3.8, 4) is 0 Å². The van der Waals surface area contributed by atoms with Crippen molar-refractivity contribution in [2.45, 2.75) is 24.8 Å². The quantitative estimate of drug-likeness (QED) is 0.395. The molecule has 1 atom stereocenters. The van der Waals surface area contributed by atoms with Crippen LogP contribution in [0.15, 0.2) is 77.7 Å². The SMILES string of the molecule is Cc1ccc(S(=O)(=O)NNC(=O)CN2C(=O)c3ccccc3[C@H]2c2c(C)n(C)c3ccccc23)cc1. The van der Waals surface area contributed by atoms with Gasteiger partial charge in [-0.2, -0.15) is 0 Å². The van der Waals surface area contributed by atoms with Crippen LogP contribution in [0.1, 0.15) is 38.8 Å². The number of hydrogen-bond acceptors (Lipinski definition) is 4. The van der Waals surface area contributed by atoms with Gasteiger partial charge < -0.3 is 9.47 Å². The van der Waals surface area contributed by atoms with E-state index >= 15 is 0 Å². The number of sulfonamides is 1. The smallest absolute Gasteiger partial charge is 0.257 e. The van der Waals surface area contributed by atoms with Crippen LogP contribution in [0, 0.1) is 13.8 Å². The van der Waals surface area contributed by atoms with E-state index < -0.39 is 22.0 Å². The van der Waals surface area contributed by atoms with Crippen molar-refractivity contribution in [1.82, 2.24) is 19.7 Å². The van der Waals surface area contributed by atoms with Gasteiger partial charge in [0.1, 0.15) is 6.54 Å². The molecule has 1 aromatic heterocycles. The van der Waals surface area contributed by atoms with Crippen molar-refractivity contribution >= 4 is 32.7 Å². The van der Waals surface area contributed by atoms with E-state index in [1.807, 2.05) is 57.3 Å². The summed E-state index contributed by atoms with van der Waals surface area (Å²) >= 11 is 0. The number of carbonyl (C=O) groups excluding carboxylic acids is 2. The summed E-state index contributed by atoms with van der Waals surface area (Å²) in [5.74, 6) is -0.922. The van der Waals surface area contributed by atoms with Gasteiger partial charge in [-0.15, -0.1) is 4.83 Å². The zero-order valence-corrected chi connectivity index (χ0v) is 21.0. The summed E-state index contributed by atoms with van der Waals surface area (Å²) in [6, 6.07) is 21.0. The van der Waals surface area contributed by atoms with Crippen LogP contribution in [0.2, 0.25) is 0 Å². The minimum Gasteiger partial charge on any atom is -0.348 e. The standard InChI is InChI=1S/C27H26N4O4S/c1-17-12-14-19(15-13-17)36(34,35)29-28-24(32)16-31-26(20-8-4-5-9-21(20)27(31)33)25-18(2)30(3)23-11-7-6-10-22(23)25/h4-15,26,29H,16H2,1-3H3,(H,28,32)/t26-/m0/s1. The first-order chi connectivity index (χ1) is 17.2. The molecule has 9 heteroatoms. The molecule has 0 bridgehead atoms. The lowest BCUT2D eigenvalue weighted by molar-refractivity contribution is -0.122. The number of benzene rings is 3. The predicted octanol–water partition coefficient (Wildman–Crippen LogP) is 3.35. The van der Waals surface area contributed by atoms with E-state index in [9.17, 15) is 18.0 Å². The molecule has 8 nitrogen and oxygen atoms in total. The maximum atomic E-state index is 13.4. The van der Waals surface area contributed by atoms with Crippen molar-refractivity contribution in [3.63, 3.8) is 0 Å². The number of nitrogens with zero attached hydrogens (tertiary/aromatic N) is 2. The Balaban J connectivity index is 1.46. The molecule has 0 aliphatic carbocycles. The molecule has 4 aromatic rings. The molecule has 0 unspecified atom stereocenters. The van der Waals surface area contributed by atoms with Crippen LogP contribution in [0.3, 0.4) is 0 Å². The van der Waals surface area contributed by atoms with Crippen LogP contribution in [0.4, 0.5) is 0 Å². The summed E-state index contributed by atoms with van der Waals surface area (Å²) in [6.45, 7) is 3.52. The Morgan fingerprint density at radius 1 is 0.944 bits per heavy atom. The monoisotopic (exact) mass is 502 g/mol. The summed E-state index contributed by atoms with van der Waals surface area (Å²) < 4.78 is 27.3. The summed E-state index contributed by atoms with van der Waals surface area (Å²) in [5, 5.41) is 0.998. The first kappa shape index (κ1) is 23.8. The number of para-hydroxylation sites is 1. The molecule has 0 saturated heterocycles. The van der Waals surface area contributed by atoms with E-state index in [0.717, 1.165) is 33.3 Å². The molecule has 2 N–H and O–H groups in total. The maximum absolute atomic E-state index is 13.4. The fourth-order valence-electron chi connectivity index (χ4n) is 4.83. The molecule has 0 radical (unpaired) electrons. The molecule has 36 heavy (non-hydrogen) atoms. The number of aromatic nitrogens is 1.